The fraction of sp³-hybridized carbons (Fsp3) is 0.318. The Kier molecular flexibility index (Phi) is 4.77. The molecule has 3 rings (SSSR count). The molecule has 1 radical (unpaired) electrons. The molecule has 0 heterocycles. The number of hydrogen-bond acceptors (Lipinski definition) is 0. The monoisotopic (exact) mass is 289 g/mol. The van der Waals surface area contributed by atoms with Gasteiger partial charge in [-0.25, -0.2) is 0 Å². The number of unbranched alkanes of at least 4 members (excludes halogenated alkanes) is 1. The van der Waals surface area contributed by atoms with Crippen molar-refractivity contribution >= 4 is 11.6 Å². The highest BCUT2D eigenvalue weighted by Gasteiger charge is 2.27. The zero-order chi connectivity index (χ0) is 15.4. The molecule has 0 bridgehead atoms. The van der Waals surface area contributed by atoms with Gasteiger partial charge in [0.05, 0.1) is 0 Å². The van der Waals surface area contributed by atoms with E-state index in [4.69, 9.17) is 0 Å². The topological polar surface area (TPSA) is 0 Å². The second-order valence-corrected chi connectivity index (χ2v) is 6.13. The molecular weight excluding hydrogens is 264 g/mol. The molecule has 0 nitrogen and oxygen atoms in total. The third kappa shape index (κ3) is 2.88. The normalized spacial score (nSPS) is 14.0. The molecule has 0 saturated heterocycles. The van der Waals surface area contributed by atoms with Gasteiger partial charge in [0.15, 0.2) is 0 Å². The molecule has 0 heteroatoms. The molecule has 0 aliphatic heterocycles. The zero-order valence-corrected chi connectivity index (χ0v) is 13.7. The predicted molar refractivity (Wildman–Crippen MR) is 96.6 cm³/mol. The Morgan fingerprint density at radius 3 is 2.23 bits per heavy atom. The SMILES string of the molecule is CCCC[C]1C(c2ccccc2CCC)=Cc2ccccc21. The molecule has 0 fully saturated rings. The average molecular weight is 289 g/mol. The van der Waals surface area contributed by atoms with E-state index in [-0.39, 0.29) is 0 Å². The van der Waals surface area contributed by atoms with Gasteiger partial charge in [-0.05, 0) is 46.7 Å². The van der Waals surface area contributed by atoms with Crippen LogP contribution in [-0.2, 0) is 6.42 Å². The van der Waals surface area contributed by atoms with Crippen LogP contribution in [0.2, 0.25) is 0 Å². The Morgan fingerprint density at radius 2 is 1.45 bits per heavy atom. The highest BCUT2D eigenvalue weighted by atomic mass is 14.3. The van der Waals surface area contributed by atoms with E-state index in [2.05, 4.69) is 68.5 Å². The molecule has 113 valence electrons. The number of fused-ring (bicyclic) bond motifs is 1. The molecule has 0 spiro atoms. The van der Waals surface area contributed by atoms with Crippen LogP contribution in [0.15, 0.2) is 48.5 Å². The lowest BCUT2D eigenvalue weighted by atomic mass is 9.85. The van der Waals surface area contributed by atoms with E-state index >= 15 is 0 Å². The Labute approximate surface area is 134 Å². The summed E-state index contributed by atoms with van der Waals surface area (Å²) in [6, 6.07) is 17.8. The molecule has 0 saturated carbocycles. The summed E-state index contributed by atoms with van der Waals surface area (Å²) in [5, 5.41) is 0. The summed E-state index contributed by atoms with van der Waals surface area (Å²) in [7, 11) is 0. The second-order valence-electron chi connectivity index (χ2n) is 6.13. The van der Waals surface area contributed by atoms with Gasteiger partial charge >= 0.3 is 0 Å². The van der Waals surface area contributed by atoms with E-state index in [0.29, 0.717) is 0 Å². The van der Waals surface area contributed by atoms with E-state index in [9.17, 15) is 0 Å². The van der Waals surface area contributed by atoms with Crippen LogP contribution in [0.25, 0.3) is 11.6 Å². The first-order chi connectivity index (χ1) is 10.8. The van der Waals surface area contributed by atoms with Crippen molar-refractivity contribution in [3.63, 3.8) is 0 Å². The molecule has 1 aliphatic rings. The first-order valence-electron chi connectivity index (χ1n) is 8.60. The van der Waals surface area contributed by atoms with Gasteiger partial charge in [0, 0.05) is 5.92 Å². The summed E-state index contributed by atoms with van der Waals surface area (Å²) in [6.07, 6.45) is 8.44. The molecule has 2 aromatic rings. The molecular formula is C22H25. The molecule has 22 heavy (non-hydrogen) atoms. The number of allylic oxidation sites excluding steroid dienone is 1. The highest BCUT2D eigenvalue weighted by molar-refractivity contribution is 5.99. The number of hydrogen-bond donors (Lipinski definition) is 0. The summed E-state index contributed by atoms with van der Waals surface area (Å²) < 4.78 is 0. The van der Waals surface area contributed by atoms with Crippen molar-refractivity contribution in [1.82, 2.24) is 0 Å². The maximum absolute atomic E-state index is 2.40. The van der Waals surface area contributed by atoms with Crippen LogP contribution in [0.5, 0.6) is 0 Å². The van der Waals surface area contributed by atoms with Gasteiger partial charge in [-0.3, -0.25) is 0 Å². The molecule has 1 aliphatic carbocycles. The summed E-state index contributed by atoms with van der Waals surface area (Å²) in [5.74, 6) is 1.54. The molecule has 0 unspecified atom stereocenters. The third-order valence-corrected chi connectivity index (χ3v) is 4.52. The minimum Gasteiger partial charge on any atom is -0.0654 e. The van der Waals surface area contributed by atoms with Crippen molar-refractivity contribution in [2.24, 2.45) is 0 Å². The summed E-state index contributed by atoms with van der Waals surface area (Å²) in [5.41, 5.74) is 7.20. The predicted octanol–water partition coefficient (Wildman–Crippen LogP) is 6.31. The van der Waals surface area contributed by atoms with Crippen LogP contribution in [0.4, 0.5) is 0 Å². The lowest BCUT2D eigenvalue weighted by Crippen LogP contribution is -2.02. The molecule has 0 amide bonds. The summed E-state index contributed by atoms with van der Waals surface area (Å²) >= 11 is 0. The van der Waals surface area contributed by atoms with Gasteiger partial charge in [0.1, 0.15) is 0 Å². The van der Waals surface area contributed by atoms with Gasteiger partial charge in [0.25, 0.3) is 0 Å². The van der Waals surface area contributed by atoms with Gasteiger partial charge in [0.2, 0.25) is 0 Å². The van der Waals surface area contributed by atoms with E-state index in [1.54, 1.807) is 5.92 Å². The quantitative estimate of drug-likeness (QED) is 0.585. The third-order valence-electron chi connectivity index (χ3n) is 4.52. The highest BCUT2D eigenvalue weighted by Crippen LogP contribution is 2.44. The number of aryl methyl sites for hydroxylation is 1. The van der Waals surface area contributed by atoms with E-state index in [1.807, 2.05) is 0 Å². The summed E-state index contributed by atoms with van der Waals surface area (Å²) in [6.45, 7) is 4.53. The number of benzene rings is 2. The summed E-state index contributed by atoms with van der Waals surface area (Å²) in [4.78, 5) is 0. The minimum atomic E-state index is 1.16. The maximum Gasteiger partial charge on any atom is 0.0352 e. The van der Waals surface area contributed by atoms with Gasteiger partial charge in [-0.15, -0.1) is 0 Å². The van der Waals surface area contributed by atoms with Crippen molar-refractivity contribution in [1.29, 1.82) is 0 Å². The average Bonchev–Trinajstić information content (AvgIpc) is 2.92. The first-order valence-corrected chi connectivity index (χ1v) is 8.60. The molecule has 0 aromatic heterocycles. The van der Waals surface area contributed by atoms with Crippen LogP contribution in [0.1, 0.15) is 61.8 Å². The van der Waals surface area contributed by atoms with E-state index in [1.165, 1.54) is 53.5 Å². The fourth-order valence-electron chi connectivity index (χ4n) is 3.42. The first kappa shape index (κ1) is 15.1. The Hall–Kier alpha value is -1.82. The van der Waals surface area contributed by atoms with Gasteiger partial charge in [-0.2, -0.15) is 0 Å². The fourth-order valence-corrected chi connectivity index (χ4v) is 3.42. The lowest BCUT2D eigenvalue weighted by molar-refractivity contribution is 0.767. The zero-order valence-electron chi connectivity index (χ0n) is 13.7. The van der Waals surface area contributed by atoms with E-state index < -0.39 is 0 Å². The van der Waals surface area contributed by atoms with Crippen molar-refractivity contribution in [2.75, 3.05) is 0 Å². The molecule has 2 aromatic carbocycles. The van der Waals surface area contributed by atoms with Gasteiger partial charge in [-0.1, -0.05) is 81.6 Å². The van der Waals surface area contributed by atoms with Gasteiger partial charge < -0.3 is 0 Å². The van der Waals surface area contributed by atoms with Crippen molar-refractivity contribution in [2.45, 2.75) is 46.0 Å². The minimum absolute atomic E-state index is 1.16. The molecule has 0 N–H and O–H groups in total. The largest absolute Gasteiger partial charge is 0.0654 e. The van der Waals surface area contributed by atoms with Crippen molar-refractivity contribution in [3.05, 3.63) is 76.7 Å². The van der Waals surface area contributed by atoms with Crippen LogP contribution in [0, 0.1) is 5.92 Å². The van der Waals surface area contributed by atoms with Crippen LogP contribution in [0.3, 0.4) is 0 Å². The Bertz CT molecular complexity index is 663. The van der Waals surface area contributed by atoms with Crippen LogP contribution >= 0.6 is 0 Å². The Balaban J connectivity index is 2.02. The van der Waals surface area contributed by atoms with E-state index in [0.717, 1.165) is 6.42 Å². The van der Waals surface area contributed by atoms with Crippen molar-refractivity contribution in [3.8, 4) is 0 Å². The maximum atomic E-state index is 2.40. The Morgan fingerprint density at radius 1 is 0.727 bits per heavy atom. The number of rotatable bonds is 6. The molecule has 0 atom stereocenters. The second kappa shape index (κ2) is 6.96. The van der Waals surface area contributed by atoms with Crippen LogP contribution < -0.4 is 0 Å². The standard InChI is InChI=1S/C22H25/c1-3-5-13-21-20-15-9-7-12-18(20)16-22(21)19-14-8-6-11-17(19)10-4-2/h6-9,11-12,14-16H,3-5,10,13H2,1-2H3. The van der Waals surface area contributed by atoms with Crippen LogP contribution in [-0.4, -0.2) is 0 Å². The van der Waals surface area contributed by atoms with Crippen molar-refractivity contribution < 1.29 is 0 Å². The smallest absolute Gasteiger partial charge is 0.0352 e. The lowest BCUT2D eigenvalue weighted by Gasteiger charge is -2.18.